The molecule has 0 aliphatic heterocycles. The van der Waals surface area contributed by atoms with Crippen molar-refractivity contribution in [2.75, 3.05) is 5.32 Å². The summed E-state index contributed by atoms with van der Waals surface area (Å²) >= 11 is 0. The molecule has 0 saturated carbocycles. The number of aryl methyl sites for hydroxylation is 3. The first kappa shape index (κ1) is 12.4. The Hall–Kier alpha value is -2.36. The Kier molecular flexibility index (Phi) is 2.70. The fraction of sp³-hybridized carbons (Fsp3) is 0.294. The molecule has 1 aliphatic rings. The van der Waals surface area contributed by atoms with Gasteiger partial charge in [0.05, 0.1) is 23.6 Å². The maximum atomic E-state index is 4.54. The van der Waals surface area contributed by atoms with Crippen molar-refractivity contribution < 1.29 is 0 Å². The molecule has 2 aromatic heterocycles. The van der Waals surface area contributed by atoms with Crippen molar-refractivity contribution in [3.63, 3.8) is 0 Å². The number of hydrogen-bond donors (Lipinski definition) is 1. The molecule has 4 rings (SSSR count). The first-order valence-corrected chi connectivity index (χ1v) is 7.36. The maximum absolute atomic E-state index is 4.54. The van der Waals surface area contributed by atoms with Crippen LogP contribution in [0.25, 0.3) is 11.0 Å². The number of fused-ring (bicyclic) bond motifs is 2. The molecule has 4 nitrogen and oxygen atoms in total. The highest BCUT2D eigenvalue weighted by molar-refractivity contribution is 5.81. The Labute approximate surface area is 123 Å². The van der Waals surface area contributed by atoms with E-state index in [1.54, 1.807) is 0 Å². The van der Waals surface area contributed by atoms with Crippen LogP contribution < -0.4 is 5.32 Å². The number of anilines is 1. The highest BCUT2D eigenvalue weighted by Gasteiger charge is 2.21. The second kappa shape index (κ2) is 4.58. The third-order valence-corrected chi connectivity index (χ3v) is 4.34. The molecule has 0 fully saturated rings. The Balaban J connectivity index is 1.68. The van der Waals surface area contributed by atoms with Crippen molar-refractivity contribution in [3.8, 4) is 0 Å². The van der Waals surface area contributed by atoms with Gasteiger partial charge in [-0.1, -0.05) is 24.3 Å². The van der Waals surface area contributed by atoms with E-state index in [2.05, 4.69) is 45.7 Å². The van der Waals surface area contributed by atoms with Crippen LogP contribution in [-0.2, 0) is 13.5 Å². The topological polar surface area (TPSA) is 42.7 Å². The van der Waals surface area contributed by atoms with Crippen LogP contribution in [0.1, 0.15) is 29.3 Å². The Morgan fingerprint density at radius 3 is 3.05 bits per heavy atom. The van der Waals surface area contributed by atoms with Gasteiger partial charge in [0.2, 0.25) is 0 Å². The number of nitrogens with one attached hydrogen (secondary N) is 1. The zero-order valence-corrected chi connectivity index (χ0v) is 12.3. The fourth-order valence-electron chi connectivity index (χ4n) is 3.30. The number of pyridine rings is 1. The van der Waals surface area contributed by atoms with Crippen molar-refractivity contribution >= 4 is 16.7 Å². The summed E-state index contributed by atoms with van der Waals surface area (Å²) in [6, 6.07) is 11.2. The highest BCUT2D eigenvalue weighted by Crippen LogP contribution is 2.34. The monoisotopic (exact) mass is 278 g/mol. The van der Waals surface area contributed by atoms with E-state index in [0.717, 1.165) is 35.3 Å². The molecule has 1 N–H and O–H groups in total. The van der Waals surface area contributed by atoms with Crippen molar-refractivity contribution in [2.45, 2.75) is 25.8 Å². The van der Waals surface area contributed by atoms with Crippen LogP contribution in [0.2, 0.25) is 0 Å². The summed E-state index contributed by atoms with van der Waals surface area (Å²) in [5.41, 5.74) is 5.91. The second-order valence-corrected chi connectivity index (χ2v) is 5.74. The molecule has 1 atom stereocenters. The van der Waals surface area contributed by atoms with Crippen molar-refractivity contribution in [1.29, 1.82) is 0 Å². The van der Waals surface area contributed by atoms with E-state index in [-0.39, 0.29) is 0 Å². The van der Waals surface area contributed by atoms with E-state index >= 15 is 0 Å². The molecular weight excluding hydrogens is 260 g/mol. The van der Waals surface area contributed by atoms with Crippen LogP contribution >= 0.6 is 0 Å². The average Bonchev–Trinajstić information content (AvgIpc) is 3.02. The molecule has 2 heterocycles. The van der Waals surface area contributed by atoms with E-state index in [0.29, 0.717) is 6.04 Å². The van der Waals surface area contributed by atoms with E-state index in [4.69, 9.17) is 0 Å². The summed E-state index contributed by atoms with van der Waals surface area (Å²) in [5, 5.41) is 9.17. The third kappa shape index (κ3) is 1.98. The van der Waals surface area contributed by atoms with Gasteiger partial charge in [0.1, 0.15) is 0 Å². The summed E-state index contributed by atoms with van der Waals surface area (Å²) in [5.74, 6) is 0. The Morgan fingerprint density at radius 2 is 2.14 bits per heavy atom. The molecule has 0 radical (unpaired) electrons. The zero-order valence-electron chi connectivity index (χ0n) is 12.3. The number of aromatic nitrogens is 3. The van der Waals surface area contributed by atoms with Gasteiger partial charge >= 0.3 is 0 Å². The van der Waals surface area contributed by atoms with Crippen LogP contribution in [0.3, 0.4) is 0 Å². The number of nitrogens with zero attached hydrogens (tertiary/aromatic N) is 3. The van der Waals surface area contributed by atoms with Gasteiger partial charge < -0.3 is 5.32 Å². The molecule has 0 amide bonds. The molecule has 1 aromatic carbocycles. The lowest BCUT2D eigenvalue weighted by Crippen LogP contribution is -2.07. The summed E-state index contributed by atoms with van der Waals surface area (Å²) in [6.45, 7) is 2.03. The van der Waals surface area contributed by atoms with Gasteiger partial charge in [-0.05, 0) is 37.0 Å². The Morgan fingerprint density at radius 1 is 1.29 bits per heavy atom. The van der Waals surface area contributed by atoms with Gasteiger partial charge in [0.25, 0.3) is 0 Å². The largest absolute Gasteiger partial charge is 0.377 e. The predicted molar refractivity (Wildman–Crippen MR) is 84.4 cm³/mol. The van der Waals surface area contributed by atoms with Crippen molar-refractivity contribution in [3.05, 3.63) is 53.3 Å². The minimum absolute atomic E-state index is 0.387. The van der Waals surface area contributed by atoms with Crippen LogP contribution in [0, 0.1) is 6.92 Å². The molecule has 1 unspecified atom stereocenters. The normalized spacial score (nSPS) is 17.1. The van der Waals surface area contributed by atoms with Gasteiger partial charge in [0.15, 0.2) is 5.65 Å². The molecule has 0 saturated heterocycles. The first-order valence-electron chi connectivity index (χ1n) is 7.36. The molecule has 21 heavy (non-hydrogen) atoms. The first-order chi connectivity index (χ1) is 10.2. The summed E-state index contributed by atoms with van der Waals surface area (Å²) in [4.78, 5) is 4.54. The second-order valence-electron chi connectivity index (χ2n) is 5.74. The lowest BCUT2D eigenvalue weighted by Gasteiger charge is -2.15. The standard InChI is InChI=1S/C17H18N4/c1-11-15-9-13(10-18-17(15)21(2)20-11)19-16-8-7-12-5-3-4-6-14(12)16/h3-6,9-10,16,19H,7-8H2,1-2H3. The average molecular weight is 278 g/mol. The summed E-state index contributed by atoms with van der Waals surface area (Å²) in [6.07, 6.45) is 4.20. The maximum Gasteiger partial charge on any atom is 0.157 e. The van der Waals surface area contributed by atoms with Crippen LogP contribution in [0.5, 0.6) is 0 Å². The van der Waals surface area contributed by atoms with E-state index < -0.39 is 0 Å². The number of benzene rings is 1. The molecule has 0 bridgehead atoms. The van der Waals surface area contributed by atoms with Crippen molar-refractivity contribution in [2.24, 2.45) is 7.05 Å². The molecule has 3 aromatic rings. The predicted octanol–water partition coefficient (Wildman–Crippen LogP) is 3.38. The summed E-state index contributed by atoms with van der Waals surface area (Å²) < 4.78 is 1.83. The Bertz CT molecular complexity index is 819. The molecule has 4 heteroatoms. The number of hydrogen-bond acceptors (Lipinski definition) is 3. The van der Waals surface area contributed by atoms with E-state index in [1.165, 1.54) is 11.1 Å². The van der Waals surface area contributed by atoms with Gasteiger partial charge in [-0.2, -0.15) is 5.10 Å². The molecule has 1 aliphatic carbocycles. The lowest BCUT2D eigenvalue weighted by molar-refractivity contribution is 0.760. The SMILES string of the molecule is Cc1nn(C)c2ncc(NC3CCc4ccccc43)cc12. The van der Waals surface area contributed by atoms with Crippen LogP contribution in [0.15, 0.2) is 36.5 Å². The zero-order chi connectivity index (χ0) is 14.4. The van der Waals surface area contributed by atoms with E-state index in [1.807, 2.05) is 24.9 Å². The quantitative estimate of drug-likeness (QED) is 0.781. The molecule has 0 spiro atoms. The van der Waals surface area contributed by atoms with Crippen molar-refractivity contribution in [1.82, 2.24) is 14.8 Å². The lowest BCUT2D eigenvalue weighted by atomic mass is 10.1. The van der Waals surface area contributed by atoms with E-state index in [9.17, 15) is 0 Å². The van der Waals surface area contributed by atoms with Crippen LogP contribution in [-0.4, -0.2) is 14.8 Å². The minimum Gasteiger partial charge on any atom is -0.377 e. The fourth-order valence-corrected chi connectivity index (χ4v) is 3.30. The smallest absolute Gasteiger partial charge is 0.157 e. The number of rotatable bonds is 2. The van der Waals surface area contributed by atoms with Crippen LogP contribution in [0.4, 0.5) is 5.69 Å². The van der Waals surface area contributed by atoms with Gasteiger partial charge in [-0.15, -0.1) is 0 Å². The van der Waals surface area contributed by atoms with Gasteiger partial charge in [-0.3, -0.25) is 4.68 Å². The van der Waals surface area contributed by atoms with Gasteiger partial charge in [0, 0.05) is 12.4 Å². The molecule has 106 valence electrons. The highest BCUT2D eigenvalue weighted by atomic mass is 15.3. The van der Waals surface area contributed by atoms with Gasteiger partial charge in [-0.25, -0.2) is 4.98 Å². The third-order valence-electron chi connectivity index (χ3n) is 4.34. The summed E-state index contributed by atoms with van der Waals surface area (Å²) in [7, 11) is 1.93. The molecular formula is C17H18N4. The minimum atomic E-state index is 0.387.